The van der Waals surface area contributed by atoms with Crippen LogP contribution in [0.3, 0.4) is 0 Å². The third-order valence-corrected chi connectivity index (χ3v) is 8.88. The molecule has 3 aliphatic rings. The monoisotopic (exact) mass is 638 g/mol. The third-order valence-electron chi connectivity index (χ3n) is 8.88. The first-order valence-electron chi connectivity index (χ1n) is 15.8. The Morgan fingerprint density at radius 1 is 1.09 bits per heavy atom. The van der Waals surface area contributed by atoms with E-state index in [1.165, 1.54) is 16.9 Å². The Labute approximate surface area is 271 Å². The van der Waals surface area contributed by atoms with E-state index in [0.29, 0.717) is 42.0 Å². The number of nitriles is 1. The molecule has 3 saturated heterocycles. The summed E-state index contributed by atoms with van der Waals surface area (Å²) in [4.78, 5) is 32.1. The molecular formula is C33H35FN10O3. The zero-order valence-electron chi connectivity index (χ0n) is 25.8. The average molecular weight is 639 g/mol. The van der Waals surface area contributed by atoms with Gasteiger partial charge in [0.2, 0.25) is 11.9 Å². The first-order chi connectivity index (χ1) is 23.0. The smallest absolute Gasteiger partial charge is 0.230 e. The lowest BCUT2D eigenvalue weighted by atomic mass is 10.0. The minimum absolute atomic E-state index is 0.0749. The Morgan fingerprint density at radius 2 is 1.91 bits per heavy atom. The van der Waals surface area contributed by atoms with E-state index in [1.54, 1.807) is 30.5 Å². The fourth-order valence-corrected chi connectivity index (χ4v) is 6.08. The number of hydrogen-bond acceptors (Lipinski definition) is 11. The summed E-state index contributed by atoms with van der Waals surface area (Å²) < 4.78 is 26.4. The van der Waals surface area contributed by atoms with Gasteiger partial charge in [-0.15, -0.1) is 0 Å². The first kappa shape index (κ1) is 30.5. The zero-order valence-corrected chi connectivity index (χ0v) is 25.8. The third kappa shape index (κ3) is 7.01. The molecule has 3 fully saturated rings. The zero-order chi connectivity index (χ0) is 32.2. The van der Waals surface area contributed by atoms with Crippen LogP contribution in [0.5, 0.6) is 5.75 Å². The lowest BCUT2D eigenvalue weighted by Gasteiger charge is -2.43. The van der Waals surface area contributed by atoms with Crippen molar-refractivity contribution in [2.24, 2.45) is 0 Å². The number of piperidine rings is 1. The number of nitrogens with one attached hydrogen (secondary N) is 2. The van der Waals surface area contributed by atoms with E-state index in [-0.39, 0.29) is 30.2 Å². The predicted molar refractivity (Wildman–Crippen MR) is 171 cm³/mol. The van der Waals surface area contributed by atoms with Gasteiger partial charge in [-0.25, -0.2) is 14.4 Å². The van der Waals surface area contributed by atoms with E-state index in [2.05, 4.69) is 58.5 Å². The second-order valence-corrected chi connectivity index (χ2v) is 11.9. The van der Waals surface area contributed by atoms with E-state index >= 15 is 4.39 Å². The van der Waals surface area contributed by atoms with E-state index in [4.69, 9.17) is 9.47 Å². The number of hydrogen-bond donors (Lipinski definition) is 2. The molecule has 242 valence electrons. The fraction of sp³-hybridized carbons (Fsp3) is 0.394. The highest BCUT2D eigenvalue weighted by atomic mass is 19.1. The van der Waals surface area contributed by atoms with Crippen molar-refractivity contribution >= 4 is 23.2 Å². The van der Waals surface area contributed by atoms with Crippen LogP contribution >= 0.6 is 0 Å². The highest BCUT2D eigenvalue weighted by Gasteiger charge is 2.34. The number of alkyl halides is 1. The maximum atomic E-state index is 15.1. The van der Waals surface area contributed by atoms with Crippen molar-refractivity contribution < 1.29 is 18.7 Å². The van der Waals surface area contributed by atoms with Gasteiger partial charge < -0.3 is 24.6 Å². The number of aromatic nitrogens is 5. The second kappa shape index (κ2) is 13.7. The van der Waals surface area contributed by atoms with Gasteiger partial charge in [-0.1, -0.05) is 0 Å². The topological polar surface area (TPSA) is 148 Å². The van der Waals surface area contributed by atoms with Gasteiger partial charge in [0.1, 0.15) is 24.3 Å². The van der Waals surface area contributed by atoms with Crippen molar-refractivity contribution in [3.05, 3.63) is 72.3 Å². The molecule has 2 aromatic heterocycles. The maximum Gasteiger partial charge on any atom is 0.230 e. The Kier molecular flexibility index (Phi) is 8.89. The van der Waals surface area contributed by atoms with Gasteiger partial charge in [0.05, 0.1) is 37.8 Å². The molecule has 4 aromatic rings. The van der Waals surface area contributed by atoms with Crippen LogP contribution in [-0.2, 0) is 16.0 Å². The van der Waals surface area contributed by atoms with Crippen LogP contribution in [0.15, 0.2) is 61.1 Å². The molecule has 0 radical (unpaired) electrons. The van der Waals surface area contributed by atoms with Gasteiger partial charge >= 0.3 is 0 Å². The van der Waals surface area contributed by atoms with Crippen LogP contribution in [-0.4, -0.2) is 112 Å². The lowest BCUT2D eigenvalue weighted by Crippen LogP contribution is -2.56. The van der Waals surface area contributed by atoms with Gasteiger partial charge in [-0.05, 0) is 48.5 Å². The number of nitrogens with zero attached hydrogens (tertiary/aromatic N) is 8. The average Bonchev–Trinajstić information content (AvgIpc) is 3.59. The largest absolute Gasteiger partial charge is 0.486 e. The van der Waals surface area contributed by atoms with E-state index < -0.39 is 12.3 Å². The molecule has 47 heavy (non-hydrogen) atoms. The van der Waals surface area contributed by atoms with Crippen molar-refractivity contribution in [3.63, 3.8) is 0 Å². The number of amides is 1. The highest BCUT2D eigenvalue weighted by molar-refractivity contribution is 5.78. The molecule has 3 aliphatic heterocycles. The van der Waals surface area contributed by atoms with Gasteiger partial charge in [0.25, 0.3) is 0 Å². The SMILES string of the molecule is N#Cc1cc(-c2ncnc(Nc3ccc(N4CCN(C5COC5)CC4)cc3)n2)ccc1O[C@H]1CCN(C(=O)Cc2ccn[nH]2)C[C@@H]1F. The normalized spacial score (nSPS) is 20.3. The number of halogens is 1. The maximum absolute atomic E-state index is 15.1. The molecule has 2 N–H and O–H groups in total. The van der Waals surface area contributed by atoms with Crippen molar-refractivity contribution in [2.75, 3.05) is 62.7 Å². The molecule has 2 atom stereocenters. The highest BCUT2D eigenvalue weighted by Crippen LogP contribution is 2.29. The molecule has 0 unspecified atom stereocenters. The molecule has 0 aliphatic carbocycles. The Bertz CT molecular complexity index is 1720. The summed E-state index contributed by atoms with van der Waals surface area (Å²) in [6.07, 6.45) is 1.24. The first-order valence-corrected chi connectivity index (χ1v) is 15.8. The number of H-pyrrole nitrogens is 1. The molecule has 7 rings (SSSR count). The van der Waals surface area contributed by atoms with Crippen molar-refractivity contribution in [1.82, 2.24) is 34.9 Å². The number of anilines is 3. The number of aromatic amines is 1. The number of benzene rings is 2. The van der Waals surface area contributed by atoms with Crippen molar-refractivity contribution in [2.45, 2.75) is 31.2 Å². The van der Waals surface area contributed by atoms with Crippen LogP contribution in [0.1, 0.15) is 17.7 Å². The molecule has 5 heterocycles. The Balaban J connectivity index is 0.954. The van der Waals surface area contributed by atoms with Crippen molar-refractivity contribution in [3.8, 4) is 23.2 Å². The van der Waals surface area contributed by atoms with E-state index in [1.807, 2.05) is 12.1 Å². The van der Waals surface area contributed by atoms with Crippen LogP contribution < -0.4 is 15.0 Å². The number of piperazine rings is 1. The quantitative estimate of drug-likeness (QED) is 0.279. The number of carbonyl (C=O) groups is 1. The van der Waals surface area contributed by atoms with Gasteiger partial charge in [-0.2, -0.15) is 15.3 Å². The molecule has 1 amide bonds. The molecule has 0 bridgehead atoms. The Hall–Kier alpha value is -5.13. The van der Waals surface area contributed by atoms with Gasteiger partial charge in [0.15, 0.2) is 12.0 Å². The minimum atomic E-state index is -1.40. The Morgan fingerprint density at radius 3 is 2.62 bits per heavy atom. The molecule has 0 spiro atoms. The molecule has 2 aromatic carbocycles. The predicted octanol–water partition coefficient (Wildman–Crippen LogP) is 2.96. The molecular weight excluding hydrogens is 603 g/mol. The summed E-state index contributed by atoms with van der Waals surface area (Å²) in [5, 5.41) is 19.7. The summed E-state index contributed by atoms with van der Waals surface area (Å²) in [5.41, 5.74) is 3.52. The number of carbonyl (C=O) groups excluding carboxylic acids is 1. The summed E-state index contributed by atoms with van der Waals surface area (Å²) in [7, 11) is 0. The summed E-state index contributed by atoms with van der Waals surface area (Å²) in [6.45, 7) is 6.01. The van der Waals surface area contributed by atoms with Crippen LogP contribution in [0.4, 0.5) is 21.7 Å². The van der Waals surface area contributed by atoms with Gasteiger partial charge in [0, 0.05) is 68.0 Å². The van der Waals surface area contributed by atoms with Crippen molar-refractivity contribution in [1.29, 1.82) is 5.26 Å². The summed E-state index contributed by atoms with van der Waals surface area (Å²) >= 11 is 0. The number of rotatable bonds is 9. The van der Waals surface area contributed by atoms with E-state index in [9.17, 15) is 10.1 Å². The minimum Gasteiger partial charge on any atom is -0.486 e. The second-order valence-electron chi connectivity index (χ2n) is 11.9. The lowest BCUT2D eigenvalue weighted by molar-refractivity contribution is -0.134. The summed E-state index contributed by atoms with van der Waals surface area (Å²) in [6, 6.07) is 17.6. The number of ether oxygens (including phenoxy) is 2. The van der Waals surface area contributed by atoms with Crippen LogP contribution in [0.25, 0.3) is 11.4 Å². The summed E-state index contributed by atoms with van der Waals surface area (Å²) in [5.74, 6) is 0.841. The molecule has 14 heteroatoms. The molecule has 0 saturated carbocycles. The van der Waals surface area contributed by atoms with Crippen LogP contribution in [0, 0.1) is 11.3 Å². The fourth-order valence-electron chi connectivity index (χ4n) is 6.08. The number of likely N-dealkylation sites (tertiary alicyclic amines) is 1. The standard InChI is InChI=1S/C33H35FN10O3/c34-28-18-44(31(45)16-25-7-9-38-41-25)10-8-30(28)47-29-6-1-22(15-23(29)17-35)32-36-21-37-33(40-32)39-24-2-4-26(5-3-24)42-11-13-43(14-12-42)27-19-46-20-27/h1-7,9,15,21,27-28,30H,8,10-14,16,18-20H2,(H,38,41)(H,36,37,39,40)/t28-,30-/m0/s1. The molecule has 13 nitrogen and oxygen atoms in total. The van der Waals surface area contributed by atoms with Gasteiger partial charge in [-0.3, -0.25) is 14.8 Å². The van der Waals surface area contributed by atoms with Crippen LogP contribution in [0.2, 0.25) is 0 Å². The van der Waals surface area contributed by atoms with E-state index in [0.717, 1.165) is 45.1 Å².